The molecule has 1 N–H and O–H groups in total. The Bertz CT molecular complexity index is 754. The average molecular weight is 585 g/mol. The number of unbranched alkanes of at least 4 members (excludes halogenated alkanes) is 20. The van der Waals surface area contributed by atoms with Crippen molar-refractivity contribution in [2.45, 2.75) is 175 Å². The molecule has 0 atom stereocenters. The van der Waals surface area contributed by atoms with Gasteiger partial charge in [0.05, 0.1) is 19.8 Å². The monoisotopic (exact) mass is 585 g/mol. The molecule has 0 aliphatic carbocycles. The Balaban J connectivity index is 2.08. The summed E-state index contributed by atoms with van der Waals surface area (Å²) >= 11 is 0. The van der Waals surface area contributed by atoms with E-state index in [4.69, 9.17) is 9.47 Å². The van der Waals surface area contributed by atoms with Gasteiger partial charge in [0.2, 0.25) is 0 Å². The Morgan fingerprint density at radius 1 is 0.476 bits per heavy atom. The summed E-state index contributed by atoms with van der Waals surface area (Å²) in [5, 5.41) is 9.57. The Labute approximate surface area is 261 Å². The zero-order valence-electron chi connectivity index (χ0n) is 27.9. The number of hydrogen-bond donors (Lipinski definition) is 1. The molecule has 1 rings (SSSR count). The van der Waals surface area contributed by atoms with Crippen molar-refractivity contribution in [1.82, 2.24) is 0 Å². The molecule has 0 radical (unpaired) electrons. The molecular formula is C39H68O3. The third kappa shape index (κ3) is 23.8. The lowest BCUT2D eigenvalue weighted by molar-refractivity contribution is 0.255. The molecule has 3 heteroatoms. The third-order valence-corrected chi connectivity index (χ3v) is 8.02. The highest BCUT2D eigenvalue weighted by molar-refractivity contribution is 5.42. The topological polar surface area (TPSA) is 38.7 Å². The van der Waals surface area contributed by atoms with Gasteiger partial charge < -0.3 is 14.6 Å². The number of hydrogen-bond acceptors (Lipinski definition) is 3. The Kier molecular flexibility index (Phi) is 28.0. The third-order valence-electron chi connectivity index (χ3n) is 8.02. The highest BCUT2D eigenvalue weighted by Gasteiger charge is 2.07. The summed E-state index contributed by atoms with van der Waals surface area (Å²) < 4.78 is 12.2. The van der Waals surface area contributed by atoms with Crippen LogP contribution in [-0.2, 0) is 6.61 Å². The van der Waals surface area contributed by atoms with Crippen LogP contribution in [0.5, 0.6) is 11.5 Å². The largest absolute Gasteiger partial charge is 0.490 e. The van der Waals surface area contributed by atoms with E-state index in [0.717, 1.165) is 36.5 Å². The van der Waals surface area contributed by atoms with Gasteiger partial charge >= 0.3 is 0 Å². The van der Waals surface area contributed by atoms with Gasteiger partial charge in [-0.15, -0.1) is 0 Å². The van der Waals surface area contributed by atoms with Gasteiger partial charge in [-0.1, -0.05) is 134 Å². The molecule has 0 bridgehead atoms. The zero-order valence-corrected chi connectivity index (χ0v) is 27.9. The van der Waals surface area contributed by atoms with Crippen molar-refractivity contribution in [3.8, 4) is 11.5 Å². The quantitative estimate of drug-likeness (QED) is 0.0697. The lowest BCUT2D eigenvalue weighted by atomic mass is 10.1. The van der Waals surface area contributed by atoms with E-state index in [1.165, 1.54) is 141 Å². The van der Waals surface area contributed by atoms with E-state index < -0.39 is 0 Å². The molecule has 0 heterocycles. The summed E-state index contributed by atoms with van der Waals surface area (Å²) in [7, 11) is 0. The molecule has 0 fully saturated rings. The molecule has 0 amide bonds. The van der Waals surface area contributed by atoms with Crippen molar-refractivity contribution < 1.29 is 14.6 Å². The first kappa shape index (κ1) is 38.3. The molecule has 0 unspecified atom stereocenters. The number of rotatable bonds is 31. The summed E-state index contributed by atoms with van der Waals surface area (Å²) in [5.41, 5.74) is 0.870. The van der Waals surface area contributed by atoms with Gasteiger partial charge in [-0.25, -0.2) is 0 Å². The fourth-order valence-electron chi connectivity index (χ4n) is 5.24. The predicted molar refractivity (Wildman–Crippen MR) is 184 cm³/mol. The maximum atomic E-state index is 9.57. The van der Waals surface area contributed by atoms with Crippen LogP contribution in [-0.4, -0.2) is 18.3 Å². The van der Waals surface area contributed by atoms with Crippen LogP contribution >= 0.6 is 0 Å². The normalized spacial score (nSPS) is 11.7. The molecule has 0 aliphatic rings. The lowest BCUT2D eigenvalue weighted by Gasteiger charge is -2.14. The van der Waals surface area contributed by atoms with E-state index in [1.54, 1.807) is 0 Å². The van der Waals surface area contributed by atoms with E-state index in [1.807, 2.05) is 18.2 Å². The van der Waals surface area contributed by atoms with Gasteiger partial charge in [-0.05, 0) is 81.9 Å². The van der Waals surface area contributed by atoms with E-state index in [9.17, 15) is 5.11 Å². The molecule has 1 aromatic rings. The highest BCUT2D eigenvalue weighted by Crippen LogP contribution is 2.29. The highest BCUT2D eigenvalue weighted by atomic mass is 16.5. The van der Waals surface area contributed by atoms with Crippen LogP contribution in [0.2, 0.25) is 0 Å². The molecule has 3 nitrogen and oxygen atoms in total. The van der Waals surface area contributed by atoms with E-state index in [0.29, 0.717) is 6.61 Å². The smallest absolute Gasteiger partial charge is 0.161 e. The molecule has 0 aromatic heterocycles. The van der Waals surface area contributed by atoms with Crippen molar-refractivity contribution in [2.24, 2.45) is 0 Å². The summed E-state index contributed by atoms with van der Waals surface area (Å²) in [6, 6.07) is 5.81. The second-order valence-electron chi connectivity index (χ2n) is 12.1. The van der Waals surface area contributed by atoms with Crippen LogP contribution < -0.4 is 9.47 Å². The van der Waals surface area contributed by atoms with Crippen LogP contribution in [0, 0.1) is 0 Å². The maximum absolute atomic E-state index is 9.57. The number of aliphatic hydroxyl groups is 1. The van der Waals surface area contributed by atoms with Crippen LogP contribution in [0.3, 0.4) is 0 Å². The molecule has 0 saturated heterocycles. The van der Waals surface area contributed by atoms with Gasteiger partial charge in [0, 0.05) is 0 Å². The second-order valence-corrected chi connectivity index (χ2v) is 12.1. The fourth-order valence-corrected chi connectivity index (χ4v) is 5.24. The fraction of sp³-hybridized carbons (Fsp3) is 0.744. The molecule has 42 heavy (non-hydrogen) atoms. The van der Waals surface area contributed by atoms with Crippen molar-refractivity contribution in [3.05, 3.63) is 48.1 Å². The minimum absolute atomic E-state index is 0.0242. The Hall–Kier alpha value is -1.74. The average Bonchev–Trinajstić information content (AvgIpc) is 3.01. The minimum atomic E-state index is 0.0242. The maximum Gasteiger partial charge on any atom is 0.161 e. The van der Waals surface area contributed by atoms with E-state index >= 15 is 0 Å². The molecule has 242 valence electrons. The Morgan fingerprint density at radius 2 is 0.857 bits per heavy atom. The zero-order chi connectivity index (χ0) is 30.2. The summed E-state index contributed by atoms with van der Waals surface area (Å²) in [6.45, 7) is 6.00. The molecule has 0 saturated carbocycles. The Morgan fingerprint density at radius 3 is 1.29 bits per heavy atom. The molecule has 0 spiro atoms. The van der Waals surface area contributed by atoms with Gasteiger partial charge in [0.15, 0.2) is 11.5 Å². The van der Waals surface area contributed by atoms with E-state index in [2.05, 4.69) is 38.2 Å². The molecular weight excluding hydrogens is 516 g/mol. The standard InChI is InChI=1S/C39H68O3/c1-3-5-7-9-11-13-15-17-19-21-23-25-27-29-33-41-38-32-31-37(36-40)35-39(38)42-34-30-28-26-24-22-20-18-16-14-12-10-8-6-4-2/h17-20,31-32,35,40H,3-16,21-30,33-34,36H2,1-2H3/b19-17-,20-18+. The summed E-state index contributed by atoms with van der Waals surface area (Å²) in [6.07, 6.45) is 40.5. The predicted octanol–water partition coefficient (Wildman–Crippen LogP) is 12.5. The van der Waals surface area contributed by atoms with Crippen molar-refractivity contribution in [1.29, 1.82) is 0 Å². The van der Waals surface area contributed by atoms with Gasteiger partial charge in [0.25, 0.3) is 0 Å². The van der Waals surface area contributed by atoms with Crippen molar-refractivity contribution >= 4 is 0 Å². The minimum Gasteiger partial charge on any atom is -0.490 e. The van der Waals surface area contributed by atoms with Crippen molar-refractivity contribution in [3.63, 3.8) is 0 Å². The summed E-state index contributed by atoms with van der Waals surface area (Å²) in [4.78, 5) is 0. The second kappa shape index (κ2) is 30.7. The van der Waals surface area contributed by atoms with Crippen LogP contribution in [0.4, 0.5) is 0 Å². The van der Waals surface area contributed by atoms with Gasteiger partial charge in [-0.3, -0.25) is 0 Å². The number of ether oxygens (including phenoxy) is 2. The van der Waals surface area contributed by atoms with Crippen LogP contribution in [0.1, 0.15) is 174 Å². The van der Waals surface area contributed by atoms with Gasteiger partial charge in [0.1, 0.15) is 0 Å². The summed E-state index contributed by atoms with van der Waals surface area (Å²) in [5.74, 6) is 1.58. The van der Waals surface area contributed by atoms with Gasteiger partial charge in [-0.2, -0.15) is 0 Å². The lowest BCUT2D eigenvalue weighted by Crippen LogP contribution is -2.03. The van der Waals surface area contributed by atoms with Crippen molar-refractivity contribution in [2.75, 3.05) is 13.2 Å². The number of aliphatic hydroxyl groups excluding tert-OH is 1. The number of benzene rings is 1. The number of allylic oxidation sites excluding steroid dienone is 4. The van der Waals surface area contributed by atoms with E-state index in [-0.39, 0.29) is 6.61 Å². The first-order chi connectivity index (χ1) is 20.8. The van der Waals surface area contributed by atoms with Crippen LogP contribution in [0.15, 0.2) is 42.5 Å². The van der Waals surface area contributed by atoms with Crippen LogP contribution in [0.25, 0.3) is 0 Å². The first-order valence-corrected chi connectivity index (χ1v) is 18.1. The SMILES string of the molecule is CCCCCCCC/C=C\CCCCCCOc1ccc(CO)cc1OCCCCCC/C=C/CCCCCCCC. The molecule has 1 aromatic carbocycles. The molecule has 0 aliphatic heterocycles. The first-order valence-electron chi connectivity index (χ1n) is 18.1.